The second kappa shape index (κ2) is 5.64. The average Bonchev–Trinajstić information content (AvgIpc) is 2.52. The van der Waals surface area contributed by atoms with Crippen LogP contribution in [-0.2, 0) is 6.54 Å². The Bertz CT molecular complexity index is 831. The zero-order chi connectivity index (χ0) is 14.7. The third kappa shape index (κ3) is 2.70. The van der Waals surface area contributed by atoms with Crippen LogP contribution in [0.4, 0.5) is 5.69 Å². The van der Waals surface area contributed by atoms with Crippen LogP contribution < -0.4 is 5.32 Å². The summed E-state index contributed by atoms with van der Waals surface area (Å²) in [6, 6.07) is 20.0. The summed E-state index contributed by atoms with van der Waals surface area (Å²) in [6.07, 6.45) is 0. The highest BCUT2D eigenvalue weighted by Crippen LogP contribution is 2.20. The molecule has 0 unspecified atom stereocenters. The molecular weight excluding hydrogens is 258 g/mol. The summed E-state index contributed by atoms with van der Waals surface area (Å²) in [4.78, 5) is 4.54. The van der Waals surface area contributed by atoms with Crippen molar-refractivity contribution < 1.29 is 0 Å². The van der Waals surface area contributed by atoms with Gasteiger partial charge in [-0.25, -0.2) is 0 Å². The lowest BCUT2D eigenvalue weighted by atomic mass is 10.1. The van der Waals surface area contributed by atoms with E-state index in [0.717, 1.165) is 22.3 Å². The summed E-state index contributed by atoms with van der Waals surface area (Å²) in [6.45, 7) is 2.67. The van der Waals surface area contributed by atoms with Crippen molar-refractivity contribution in [3.63, 3.8) is 0 Å². The lowest BCUT2D eigenvalue weighted by molar-refractivity contribution is 1.13. The van der Waals surface area contributed by atoms with Crippen molar-refractivity contribution in [2.75, 3.05) is 5.32 Å². The predicted octanol–water partition coefficient (Wildman–Crippen LogP) is 4.03. The summed E-state index contributed by atoms with van der Waals surface area (Å²) in [7, 11) is 0. The van der Waals surface area contributed by atoms with Crippen molar-refractivity contribution in [3.05, 3.63) is 71.4 Å². The molecule has 1 heterocycles. The SMILES string of the molecule is Cc1cc(CNc2ccccc2C#N)c2ccccc2n1. The van der Waals surface area contributed by atoms with Gasteiger partial charge < -0.3 is 5.32 Å². The van der Waals surface area contributed by atoms with Crippen molar-refractivity contribution >= 4 is 16.6 Å². The van der Waals surface area contributed by atoms with Crippen molar-refractivity contribution in [1.82, 2.24) is 4.98 Å². The Morgan fingerprint density at radius 1 is 1.10 bits per heavy atom. The summed E-state index contributed by atoms with van der Waals surface area (Å²) in [5.74, 6) is 0. The molecule has 3 nitrogen and oxygen atoms in total. The number of nitriles is 1. The molecule has 3 rings (SSSR count). The number of nitrogens with one attached hydrogen (secondary N) is 1. The van der Waals surface area contributed by atoms with E-state index in [4.69, 9.17) is 5.26 Å². The predicted molar refractivity (Wildman–Crippen MR) is 85.0 cm³/mol. The minimum atomic E-state index is 0.660. The van der Waals surface area contributed by atoms with Crippen molar-refractivity contribution in [2.45, 2.75) is 13.5 Å². The standard InChI is InChI=1S/C18H15N3/c1-13-10-15(16-7-3-5-9-18(16)21-13)12-20-17-8-4-2-6-14(17)11-19/h2-10,20H,12H2,1H3. The maximum Gasteiger partial charge on any atom is 0.101 e. The average molecular weight is 273 g/mol. The van der Waals surface area contributed by atoms with Crippen LogP contribution in [-0.4, -0.2) is 4.98 Å². The van der Waals surface area contributed by atoms with Gasteiger partial charge in [0.05, 0.1) is 16.8 Å². The number of aromatic nitrogens is 1. The highest BCUT2D eigenvalue weighted by molar-refractivity contribution is 5.82. The van der Waals surface area contributed by atoms with Gasteiger partial charge >= 0.3 is 0 Å². The van der Waals surface area contributed by atoms with Crippen LogP contribution in [0.25, 0.3) is 10.9 Å². The van der Waals surface area contributed by atoms with Gasteiger partial charge in [0.15, 0.2) is 0 Å². The first-order valence-corrected chi connectivity index (χ1v) is 6.86. The largest absolute Gasteiger partial charge is 0.380 e. The molecule has 0 saturated carbocycles. The van der Waals surface area contributed by atoms with Crippen LogP contribution in [0.3, 0.4) is 0 Å². The number of benzene rings is 2. The molecule has 102 valence electrons. The van der Waals surface area contributed by atoms with Crippen LogP contribution in [0.5, 0.6) is 0 Å². The summed E-state index contributed by atoms with van der Waals surface area (Å²) in [5, 5.41) is 13.6. The van der Waals surface area contributed by atoms with E-state index < -0.39 is 0 Å². The van der Waals surface area contributed by atoms with Crippen molar-refractivity contribution in [1.29, 1.82) is 5.26 Å². The lowest BCUT2D eigenvalue weighted by Gasteiger charge is -2.11. The van der Waals surface area contributed by atoms with Crippen molar-refractivity contribution in [2.24, 2.45) is 0 Å². The van der Waals surface area contributed by atoms with E-state index in [9.17, 15) is 0 Å². The number of nitrogens with zero attached hydrogens (tertiary/aromatic N) is 2. The minimum absolute atomic E-state index is 0.660. The zero-order valence-electron chi connectivity index (χ0n) is 11.8. The van der Waals surface area contributed by atoms with Crippen LogP contribution in [0, 0.1) is 18.3 Å². The fourth-order valence-corrected chi connectivity index (χ4v) is 2.47. The Morgan fingerprint density at radius 2 is 1.86 bits per heavy atom. The number of rotatable bonds is 3. The number of aryl methyl sites for hydroxylation is 1. The van der Waals surface area contributed by atoms with E-state index in [1.165, 1.54) is 5.56 Å². The van der Waals surface area contributed by atoms with Gasteiger partial charge in [-0.3, -0.25) is 4.98 Å². The van der Waals surface area contributed by atoms with Gasteiger partial charge in [-0.1, -0.05) is 30.3 Å². The second-order valence-electron chi connectivity index (χ2n) is 4.95. The summed E-state index contributed by atoms with van der Waals surface area (Å²) in [5.41, 5.74) is 4.71. The first kappa shape index (κ1) is 13.1. The van der Waals surface area contributed by atoms with E-state index >= 15 is 0 Å². The Balaban J connectivity index is 1.94. The molecule has 0 radical (unpaired) electrons. The highest BCUT2D eigenvalue weighted by atomic mass is 14.9. The fraction of sp³-hybridized carbons (Fsp3) is 0.111. The molecule has 1 N–H and O–H groups in total. The molecule has 1 aromatic heterocycles. The molecule has 0 spiro atoms. The molecule has 2 aromatic carbocycles. The molecule has 0 saturated heterocycles. The number of anilines is 1. The molecule has 3 aromatic rings. The van der Waals surface area contributed by atoms with Crippen LogP contribution in [0.2, 0.25) is 0 Å². The Morgan fingerprint density at radius 3 is 2.71 bits per heavy atom. The molecule has 21 heavy (non-hydrogen) atoms. The van der Waals surface area contributed by atoms with Gasteiger partial charge in [-0.2, -0.15) is 5.26 Å². The van der Waals surface area contributed by atoms with Crippen LogP contribution in [0.1, 0.15) is 16.8 Å². The third-order valence-electron chi connectivity index (χ3n) is 3.45. The monoisotopic (exact) mass is 273 g/mol. The quantitative estimate of drug-likeness (QED) is 0.783. The smallest absolute Gasteiger partial charge is 0.101 e. The Labute approximate surface area is 123 Å². The van der Waals surface area contributed by atoms with Gasteiger partial charge in [0.2, 0.25) is 0 Å². The van der Waals surface area contributed by atoms with E-state index in [0.29, 0.717) is 12.1 Å². The first-order valence-electron chi connectivity index (χ1n) is 6.86. The number of para-hydroxylation sites is 2. The maximum atomic E-state index is 9.13. The molecular formula is C18H15N3. The van der Waals surface area contributed by atoms with E-state index in [-0.39, 0.29) is 0 Å². The molecule has 0 aliphatic carbocycles. The minimum Gasteiger partial charge on any atom is -0.380 e. The number of fused-ring (bicyclic) bond motifs is 1. The Kier molecular flexibility index (Phi) is 3.53. The molecule has 0 aliphatic heterocycles. The number of pyridine rings is 1. The lowest BCUT2D eigenvalue weighted by Crippen LogP contribution is -2.03. The highest BCUT2D eigenvalue weighted by Gasteiger charge is 2.05. The van der Waals surface area contributed by atoms with Gasteiger partial charge in [0, 0.05) is 17.6 Å². The normalized spacial score (nSPS) is 10.3. The van der Waals surface area contributed by atoms with E-state index in [2.05, 4.69) is 28.5 Å². The van der Waals surface area contributed by atoms with E-state index in [1.807, 2.05) is 49.4 Å². The van der Waals surface area contributed by atoms with Gasteiger partial charge in [-0.15, -0.1) is 0 Å². The summed E-state index contributed by atoms with van der Waals surface area (Å²) < 4.78 is 0. The third-order valence-corrected chi connectivity index (χ3v) is 3.45. The summed E-state index contributed by atoms with van der Waals surface area (Å²) >= 11 is 0. The maximum absolute atomic E-state index is 9.13. The van der Waals surface area contributed by atoms with Gasteiger partial charge in [-0.05, 0) is 36.8 Å². The number of hydrogen-bond donors (Lipinski definition) is 1. The van der Waals surface area contributed by atoms with E-state index in [1.54, 1.807) is 0 Å². The van der Waals surface area contributed by atoms with Gasteiger partial charge in [0.1, 0.15) is 6.07 Å². The zero-order valence-corrected chi connectivity index (χ0v) is 11.8. The first-order chi connectivity index (χ1) is 10.3. The van der Waals surface area contributed by atoms with Gasteiger partial charge in [0.25, 0.3) is 0 Å². The van der Waals surface area contributed by atoms with Crippen molar-refractivity contribution in [3.8, 4) is 6.07 Å². The molecule has 3 heteroatoms. The molecule has 0 aliphatic rings. The second-order valence-corrected chi connectivity index (χ2v) is 4.95. The van der Waals surface area contributed by atoms with Crippen LogP contribution in [0.15, 0.2) is 54.6 Å². The molecule has 0 atom stereocenters. The number of hydrogen-bond acceptors (Lipinski definition) is 3. The topological polar surface area (TPSA) is 48.7 Å². The molecule has 0 fully saturated rings. The molecule has 0 bridgehead atoms. The van der Waals surface area contributed by atoms with Crippen LogP contribution >= 0.6 is 0 Å². The fourth-order valence-electron chi connectivity index (χ4n) is 2.47. The Hall–Kier alpha value is -2.86. The molecule has 0 amide bonds.